The Labute approximate surface area is 143 Å². The van der Waals surface area contributed by atoms with Gasteiger partial charge < -0.3 is 15.4 Å². The molecule has 2 rings (SSSR count). The first-order chi connectivity index (χ1) is 11.2. The lowest BCUT2D eigenvalue weighted by atomic mass is 10.2. The molecule has 5 nitrogen and oxygen atoms in total. The minimum absolute atomic E-state index is 0.0340. The van der Waals surface area contributed by atoms with Crippen molar-refractivity contribution >= 4 is 28.9 Å². The van der Waals surface area contributed by atoms with Gasteiger partial charge in [0.25, 0.3) is 0 Å². The molecule has 1 aliphatic heterocycles. The molecule has 1 aromatic rings. The maximum atomic E-state index is 11.6. The van der Waals surface area contributed by atoms with Gasteiger partial charge in [0.05, 0.1) is 13.2 Å². The number of ether oxygens (including phenoxy) is 1. The second-order valence-electron chi connectivity index (χ2n) is 5.69. The average Bonchev–Trinajstić information content (AvgIpc) is 2.55. The van der Waals surface area contributed by atoms with Crippen LogP contribution in [0.4, 0.5) is 5.69 Å². The van der Waals surface area contributed by atoms with Crippen molar-refractivity contribution in [3.63, 3.8) is 0 Å². The number of hydrogen-bond donors (Lipinski definition) is 2. The summed E-state index contributed by atoms with van der Waals surface area (Å²) >= 11 is 5.16. The zero-order valence-electron chi connectivity index (χ0n) is 13.6. The van der Waals surface area contributed by atoms with Gasteiger partial charge in [0.1, 0.15) is 0 Å². The van der Waals surface area contributed by atoms with Gasteiger partial charge in [0.2, 0.25) is 5.91 Å². The van der Waals surface area contributed by atoms with Crippen LogP contribution < -0.4 is 10.6 Å². The summed E-state index contributed by atoms with van der Waals surface area (Å²) in [6.45, 7) is 6.57. The van der Waals surface area contributed by atoms with E-state index in [1.54, 1.807) is 0 Å². The van der Waals surface area contributed by atoms with Crippen molar-refractivity contribution in [1.82, 2.24) is 10.2 Å². The normalized spacial score (nSPS) is 15.2. The molecule has 0 spiro atoms. The Bertz CT molecular complexity index is 513. The number of carbonyl (C=O) groups excluding carboxylic acids is 1. The third-order valence-electron chi connectivity index (χ3n) is 3.73. The number of morpholine rings is 1. The molecule has 0 aromatic heterocycles. The number of amides is 1. The van der Waals surface area contributed by atoms with Crippen molar-refractivity contribution in [2.24, 2.45) is 0 Å². The molecule has 0 atom stereocenters. The number of thiocarbonyl (C=S) groups is 1. The molecule has 2 N–H and O–H groups in total. The summed E-state index contributed by atoms with van der Waals surface area (Å²) in [6.07, 6.45) is 2.39. The molecule has 0 saturated carbocycles. The summed E-state index contributed by atoms with van der Waals surface area (Å²) < 4.78 is 5.36. The predicted octanol–water partition coefficient (Wildman–Crippen LogP) is 2.52. The first-order valence-corrected chi connectivity index (χ1v) is 8.58. The lowest BCUT2D eigenvalue weighted by Gasteiger charge is -2.26. The quantitative estimate of drug-likeness (QED) is 0.783. The van der Waals surface area contributed by atoms with Crippen LogP contribution in [0.15, 0.2) is 24.3 Å². The van der Waals surface area contributed by atoms with E-state index >= 15 is 0 Å². The highest BCUT2D eigenvalue weighted by molar-refractivity contribution is 7.80. The maximum Gasteiger partial charge on any atom is 0.226 e. The van der Waals surface area contributed by atoms with Gasteiger partial charge in [0.15, 0.2) is 5.11 Å². The highest BCUT2D eigenvalue weighted by Crippen LogP contribution is 2.12. The SMILES string of the molecule is CCCCC(=O)NC(=S)Nc1ccc(CN2CCOCC2)cc1. The Hall–Kier alpha value is -1.50. The molecule has 0 radical (unpaired) electrons. The fourth-order valence-electron chi connectivity index (χ4n) is 2.40. The van der Waals surface area contributed by atoms with Crippen LogP contribution in [0.1, 0.15) is 31.7 Å². The second-order valence-corrected chi connectivity index (χ2v) is 6.10. The van der Waals surface area contributed by atoms with E-state index in [1.165, 1.54) is 5.56 Å². The third-order valence-corrected chi connectivity index (χ3v) is 3.94. The van der Waals surface area contributed by atoms with Gasteiger partial charge in [0, 0.05) is 31.7 Å². The van der Waals surface area contributed by atoms with Crippen LogP contribution in [0.25, 0.3) is 0 Å². The molecule has 0 bridgehead atoms. The topological polar surface area (TPSA) is 53.6 Å². The number of anilines is 1. The number of carbonyl (C=O) groups is 1. The lowest BCUT2D eigenvalue weighted by molar-refractivity contribution is -0.119. The summed E-state index contributed by atoms with van der Waals surface area (Å²) in [6, 6.07) is 8.14. The van der Waals surface area contributed by atoms with E-state index in [-0.39, 0.29) is 5.91 Å². The predicted molar refractivity (Wildman–Crippen MR) is 96.4 cm³/mol. The monoisotopic (exact) mass is 335 g/mol. The van der Waals surface area contributed by atoms with Gasteiger partial charge in [-0.3, -0.25) is 9.69 Å². The van der Waals surface area contributed by atoms with Crippen molar-refractivity contribution in [3.8, 4) is 0 Å². The zero-order valence-corrected chi connectivity index (χ0v) is 14.5. The third kappa shape index (κ3) is 6.64. The van der Waals surface area contributed by atoms with Gasteiger partial charge in [-0.25, -0.2) is 0 Å². The summed E-state index contributed by atoms with van der Waals surface area (Å²) in [5.41, 5.74) is 2.15. The fourth-order valence-corrected chi connectivity index (χ4v) is 2.63. The van der Waals surface area contributed by atoms with Crippen LogP contribution in [0, 0.1) is 0 Å². The Morgan fingerprint density at radius 1 is 1.26 bits per heavy atom. The molecule has 1 aromatic carbocycles. The number of unbranched alkanes of at least 4 members (excludes halogenated alkanes) is 1. The molecular formula is C17H25N3O2S. The van der Waals surface area contributed by atoms with Gasteiger partial charge in [-0.2, -0.15) is 0 Å². The van der Waals surface area contributed by atoms with E-state index in [4.69, 9.17) is 17.0 Å². The van der Waals surface area contributed by atoms with Crippen LogP contribution in [-0.4, -0.2) is 42.2 Å². The van der Waals surface area contributed by atoms with Gasteiger partial charge in [-0.15, -0.1) is 0 Å². The second kappa shape index (κ2) is 9.60. The van der Waals surface area contributed by atoms with Crippen LogP contribution >= 0.6 is 12.2 Å². The minimum Gasteiger partial charge on any atom is -0.379 e. The van der Waals surface area contributed by atoms with Crippen LogP contribution in [0.2, 0.25) is 0 Å². The highest BCUT2D eigenvalue weighted by Gasteiger charge is 2.10. The Morgan fingerprint density at radius 3 is 2.61 bits per heavy atom. The molecule has 1 saturated heterocycles. The van der Waals surface area contributed by atoms with E-state index in [1.807, 2.05) is 12.1 Å². The van der Waals surface area contributed by atoms with E-state index in [2.05, 4.69) is 34.6 Å². The molecule has 1 aliphatic rings. The summed E-state index contributed by atoms with van der Waals surface area (Å²) in [7, 11) is 0. The van der Waals surface area contributed by atoms with E-state index in [9.17, 15) is 4.79 Å². The average molecular weight is 335 g/mol. The first-order valence-electron chi connectivity index (χ1n) is 8.17. The number of nitrogens with zero attached hydrogens (tertiary/aromatic N) is 1. The van der Waals surface area contributed by atoms with Crippen LogP contribution in [0.5, 0.6) is 0 Å². The number of hydrogen-bond acceptors (Lipinski definition) is 4. The molecular weight excluding hydrogens is 310 g/mol. The molecule has 126 valence electrons. The molecule has 1 fully saturated rings. The molecule has 0 unspecified atom stereocenters. The highest BCUT2D eigenvalue weighted by atomic mass is 32.1. The smallest absolute Gasteiger partial charge is 0.226 e. The van der Waals surface area contributed by atoms with E-state index in [0.717, 1.165) is 51.4 Å². The van der Waals surface area contributed by atoms with Gasteiger partial charge >= 0.3 is 0 Å². The molecule has 1 heterocycles. The van der Waals surface area contributed by atoms with Crippen molar-refractivity contribution in [3.05, 3.63) is 29.8 Å². The Kier molecular flexibility index (Phi) is 7.45. The van der Waals surface area contributed by atoms with E-state index in [0.29, 0.717) is 11.5 Å². The number of rotatable bonds is 6. The lowest BCUT2D eigenvalue weighted by Crippen LogP contribution is -2.35. The Balaban J connectivity index is 1.77. The molecule has 1 amide bonds. The van der Waals surface area contributed by atoms with Crippen molar-refractivity contribution in [2.75, 3.05) is 31.6 Å². The molecule has 23 heavy (non-hydrogen) atoms. The van der Waals surface area contributed by atoms with E-state index < -0.39 is 0 Å². The Morgan fingerprint density at radius 2 is 1.96 bits per heavy atom. The maximum absolute atomic E-state index is 11.6. The molecule has 6 heteroatoms. The fraction of sp³-hybridized carbons (Fsp3) is 0.529. The van der Waals surface area contributed by atoms with Crippen LogP contribution in [-0.2, 0) is 16.1 Å². The first kappa shape index (κ1) is 17.8. The summed E-state index contributed by atoms with van der Waals surface area (Å²) in [4.78, 5) is 14.0. The summed E-state index contributed by atoms with van der Waals surface area (Å²) in [5, 5.41) is 6.10. The largest absolute Gasteiger partial charge is 0.379 e. The van der Waals surface area contributed by atoms with Crippen molar-refractivity contribution < 1.29 is 9.53 Å². The van der Waals surface area contributed by atoms with Gasteiger partial charge in [-0.1, -0.05) is 25.5 Å². The summed E-state index contributed by atoms with van der Waals surface area (Å²) in [5.74, 6) is -0.0340. The van der Waals surface area contributed by atoms with Crippen LogP contribution in [0.3, 0.4) is 0 Å². The van der Waals surface area contributed by atoms with Gasteiger partial charge in [-0.05, 0) is 36.3 Å². The van der Waals surface area contributed by atoms with Crippen molar-refractivity contribution in [1.29, 1.82) is 0 Å². The molecule has 0 aliphatic carbocycles. The number of nitrogens with one attached hydrogen (secondary N) is 2. The zero-order chi connectivity index (χ0) is 16.5. The standard InChI is InChI=1S/C17H25N3O2S/c1-2-3-4-16(21)19-17(23)18-15-7-5-14(6-8-15)13-20-9-11-22-12-10-20/h5-8H,2-4,9-13H2,1H3,(H2,18,19,21,23). The number of benzene rings is 1. The minimum atomic E-state index is -0.0340. The van der Waals surface area contributed by atoms with Crippen molar-refractivity contribution in [2.45, 2.75) is 32.7 Å².